The fraction of sp³-hybridized carbons (Fsp3) is 0.538. The smallest absolute Gasteiger partial charge is 0.162 e. The minimum atomic E-state index is 0.511. The molecule has 17 heavy (non-hydrogen) atoms. The van der Waals surface area contributed by atoms with Crippen molar-refractivity contribution in [1.29, 1.82) is 0 Å². The van der Waals surface area contributed by atoms with Crippen LogP contribution in [0.4, 0.5) is 5.69 Å². The van der Waals surface area contributed by atoms with E-state index in [9.17, 15) is 0 Å². The summed E-state index contributed by atoms with van der Waals surface area (Å²) in [6, 6.07) is 5.99. The number of rotatable bonds is 4. The van der Waals surface area contributed by atoms with Gasteiger partial charge in [-0.1, -0.05) is 0 Å². The number of likely N-dealkylation sites (N-methyl/N-ethyl adjacent to an activating group) is 1. The molecule has 1 heterocycles. The Morgan fingerprint density at radius 1 is 1.41 bits per heavy atom. The van der Waals surface area contributed by atoms with Crippen LogP contribution in [-0.2, 0) is 0 Å². The van der Waals surface area contributed by atoms with Crippen molar-refractivity contribution >= 4 is 5.69 Å². The Morgan fingerprint density at radius 2 is 2.24 bits per heavy atom. The molecule has 0 aromatic heterocycles. The first-order valence-electron chi connectivity index (χ1n) is 5.97. The quantitative estimate of drug-likeness (QED) is 0.809. The number of hydrogen-bond donors (Lipinski definition) is 1. The molecule has 1 aliphatic heterocycles. The van der Waals surface area contributed by atoms with E-state index >= 15 is 0 Å². The van der Waals surface area contributed by atoms with E-state index < -0.39 is 0 Å². The van der Waals surface area contributed by atoms with Crippen molar-refractivity contribution < 1.29 is 9.47 Å². The molecule has 1 aliphatic rings. The lowest BCUT2D eigenvalue weighted by molar-refractivity contribution is 0.193. The van der Waals surface area contributed by atoms with Crippen molar-refractivity contribution in [3.05, 3.63) is 18.2 Å². The summed E-state index contributed by atoms with van der Waals surface area (Å²) in [6.45, 7) is 1.86. The third-order valence-corrected chi connectivity index (χ3v) is 3.29. The van der Waals surface area contributed by atoms with Gasteiger partial charge in [0.25, 0.3) is 0 Å². The van der Waals surface area contributed by atoms with Gasteiger partial charge in [0.1, 0.15) is 6.61 Å². The van der Waals surface area contributed by atoms with Gasteiger partial charge in [0, 0.05) is 17.8 Å². The second kappa shape index (κ2) is 5.27. The summed E-state index contributed by atoms with van der Waals surface area (Å²) < 4.78 is 11.1. The van der Waals surface area contributed by atoms with Gasteiger partial charge in [0.2, 0.25) is 0 Å². The molecule has 0 amide bonds. The van der Waals surface area contributed by atoms with Crippen molar-refractivity contribution in [2.24, 2.45) is 0 Å². The number of nitrogens with zero attached hydrogens (tertiary/aromatic N) is 1. The zero-order chi connectivity index (χ0) is 12.3. The molecule has 1 atom stereocenters. The van der Waals surface area contributed by atoms with E-state index in [1.54, 1.807) is 13.2 Å². The highest BCUT2D eigenvalue weighted by Gasteiger charge is 2.21. The Labute approximate surface area is 102 Å². The summed E-state index contributed by atoms with van der Waals surface area (Å²) in [6.07, 6.45) is 2.46. The monoisotopic (exact) mass is 236 g/mol. The fourth-order valence-electron chi connectivity index (χ4n) is 2.18. The standard InChI is InChI=1S/C13H20N2O2/c1-15-7-3-4-11(15)9-17-12-6-5-10(14)8-13(12)16-2/h5-6,8,11H,3-4,7,9,14H2,1-2H3. The molecule has 0 spiro atoms. The summed E-state index contributed by atoms with van der Waals surface area (Å²) >= 11 is 0. The minimum Gasteiger partial charge on any atom is -0.493 e. The molecule has 0 aliphatic carbocycles. The molecule has 0 bridgehead atoms. The maximum absolute atomic E-state index is 5.82. The van der Waals surface area contributed by atoms with Gasteiger partial charge in [0.05, 0.1) is 7.11 Å². The summed E-state index contributed by atoms with van der Waals surface area (Å²) in [5.41, 5.74) is 6.39. The summed E-state index contributed by atoms with van der Waals surface area (Å²) in [5.74, 6) is 1.47. The second-order valence-electron chi connectivity index (χ2n) is 4.50. The summed E-state index contributed by atoms with van der Waals surface area (Å²) in [4.78, 5) is 2.34. The predicted molar refractivity (Wildman–Crippen MR) is 68.6 cm³/mol. The van der Waals surface area contributed by atoms with Crippen molar-refractivity contribution in [2.75, 3.05) is 33.0 Å². The van der Waals surface area contributed by atoms with Gasteiger partial charge in [0.15, 0.2) is 11.5 Å². The third-order valence-electron chi connectivity index (χ3n) is 3.29. The van der Waals surface area contributed by atoms with Crippen molar-refractivity contribution in [1.82, 2.24) is 4.90 Å². The highest BCUT2D eigenvalue weighted by Crippen LogP contribution is 2.29. The van der Waals surface area contributed by atoms with E-state index in [4.69, 9.17) is 15.2 Å². The topological polar surface area (TPSA) is 47.7 Å². The Morgan fingerprint density at radius 3 is 2.88 bits per heavy atom. The van der Waals surface area contributed by atoms with Gasteiger partial charge in [-0.15, -0.1) is 0 Å². The SMILES string of the molecule is COc1cc(N)ccc1OCC1CCCN1C. The van der Waals surface area contributed by atoms with Crippen molar-refractivity contribution in [3.63, 3.8) is 0 Å². The van der Waals surface area contributed by atoms with Crippen LogP contribution in [0.1, 0.15) is 12.8 Å². The average Bonchev–Trinajstić information content (AvgIpc) is 2.73. The van der Waals surface area contributed by atoms with E-state index in [2.05, 4.69) is 11.9 Å². The molecule has 1 fully saturated rings. The molecule has 1 aromatic rings. The van der Waals surface area contributed by atoms with E-state index in [0.29, 0.717) is 24.1 Å². The number of nitrogen functional groups attached to an aromatic ring is 1. The lowest BCUT2D eigenvalue weighted by Gasteiger charge is -2.20. The van der Waals surface area contributed by atoms with Gasteiger partial charge in [-0.3, -0.25) is 0 Å². The Balaban J connectivity index is 1.98. The lowest BCUT2D eigenvalue weighted by atomic mass is 10.2. The maximum atomic E-state index is 5.82. The Kier molecular flexibility index (Phi) is 3.74. The van der Waals surface area contributed by atoms with E-state index in [0.717, 1.165) is 12.3 Å². The molecule has 0 radical (unpaired) electrons. The van der Waals surface area contributed by atoms with Gasteiger partial charge >= 0.3 is 0 Å². The number of hydrogen-bond acceptors (Lipinski definition) is 4. The van der Waals surface area contributed by atoms with Crippen LogP contribution in [0.15, 0.2) is 18.2 Å². The first-order chi connectivity index (χ1) is 8.20. The van der Waals surface area contributed by atoms with E-state index in [1.807, 2.05) is 12.1 Å². The minimum absolute atomic E-state index is 0.511. The molecule has 2 rings (SSSR count). The van der Waals surface area contributed by atoms with Gasteiger partial charge < -0.3 is 20.1 Å². The van der Waals surface area contributed by atoms with Crippen LogP contribution >= 0.6 is 0 Å². The van der Waals surface area contributed by atoms with Gasteiger partial charge in [-0.05, 0) is 38.6 Å². The highest BCUT2D eigenvalue weighted by molar-refractivity contribution is 5.51. The first kappa shape index (κ1) is 12.0. The zero-order valence-electron chi connectivity index (χ0n) is 10.5. The number of ether oxygens (including phenoxy) is 2. The average molecular weight is 236 g/mol. The molecule has 1 unspecified atom stereocenters. The molecule has 1 aromatic carbocycles. The van der Waals surface area contributed by atoms with Crippen LogP contribution < -0.4 is 15.2 Å². The van der Waals surface area contributed by atoms with E-state index in [-0.39, 0.29) is 0 Å². The second-order valence-corrected chi connectivity index (χ2v) is 4.50. The molecular formula is C13H20N2O2. The lowest BCUT2D eigenvalue weighted by Crippen LogP contribution is -2.30. The fourth-order valence-corrected chi connectivity index (χ4v) is 2.18. The van der Waals surface area contributed by atoms with Crippen LogP contribution in [0, 0.1) is 0 Å². The Hall–Kier alpha value is -1.42. The van der Waals surface area contributed by atoms with Crippen LogP contribution in [0.25, 0.3) is 0 Å². The number of likely N-dealkylation sites (tertiary alicyclic amines) is 1. The summed E-state index contributed by atoms with van der Waals surface area (Å²) in [5, 5.41) is 0. The van der Waals surface area contributed by atoms with Crippen LogP contribution in [0.5, 0.6) is 11.5 Å². The molecule has 0 saturated carbocycles. The van der Waals surface area contributed by atoms with Crippen LogP contribution in [0.3, 0.4) is 0 Å². The maximum Gasteiger partial charge on any atom is 0.162 e. The molecule has 4 nitrogen and oxygen atoms in total. The Bertz CT molecular complexity index is 382. The van der Waals surface area contributed by atoms with Gasteiger partial charge in [-0.25, -0.2) is 0 Å². The first-order valence-corrected chi connectivity index (χ1v) is 5.97. The summed E-state index contributed by atoms with van der Waals surface area (Å²) in [7, 11) is 3.77. The number of methoxy groups -OCH3 is 1. The zero-order valence-corrected chi connectivity index (χ0v) is 10.5. The highest BCUT2D eigenvalue weighted by atomic mass is 16.5. The third kappa shape index (κ3) is 2.82. The van der Waals surface area contributed by atoms with E-state index in [1.165, 1.54) is 12.8 Å². The molecule has 94 valence electrons. The number of anilines is 1. The predicted octanol–water partition coefficient (Wildman–Crippen LogP) is 1.75. The normalized spacial score (nSPS) is 20.5. The molecular weight excluding hydrogens is 216 g/mol. The van der Waals surface area contributed by atoms with Crippen LogP contribution in [-0.4, -0.2) is 38.3 Å². The molecule has 2 N–H and O–H groups in total. The number of nitrogens with two attached hydrogens (primary N) is 1. The van der Waals surface area contributed by atoms with Gasteiger partial charge in [-0.2, -0.15) is 0 Å². The van der Waals surface area contributed by atoms with Crippen molar-refractivity contribution in [3.8, 4) is 11.5 Å². The molecule has 4 heteroatoms. The van der Waals surface area contributed by atoms with Crippen LogP contribution in [0.2, 0.25) is 0 Å². The molecule has 1 saturated heterocycles. The largest absolute Gasteiger partial charge is 0.493 e. The van der Waals surface area contributed by atoms with Crippen molar-refractivity contribution in [2.45, 2.75) is 18.9 Å². The number of benzene rings is 1.